The van der Waals surface area contributed by atoms with E-state index in [0.29, 0.717) is 13.0 Å². The molecular formula is C19H20F2N2O2. The maximum absolute atomic E-state index is 12.9. The molecule has 0 unspecified atom stereocenters. The molecule has 0 aliphatic carbocycles. The summed E-state index contributed by atoms with van der Waals surface area (Å²) in [6, 6.07) is 11.9. The summed E-state index contributed by atoms with van der Waals surface area (Å²) in [5.41, 5.74) is 1.66. The zero-order valence-corrected chi connectivity index (χ0v) is 14.0. The maximum atomic E-state index is 12.9. The van der Waals surface area contributed by atoms with E-state index in [1.807, 2.05) is 0 Å². The van der Waals surface area contributed by atoms with Crippen LogP contribution in [0, 0.1) is 11.6 Å². The van der Waals surface area contributed by atoms with Crippen LogP contribution >= 0.6 is 0 Å². The highest BCUT2D eigenvalue weighted by atomic mass is 19.1. The first-order chi connectivity index (χ1) is 11.9. The van der Waals surface area contributed by atoms with Crippen molar-refractivity contribution in [2.45, 2.75) is 19.9 Å². The smallest absolute Gasteiger partial charge is 0.239 e. The predicted octanol–water partition coefficient (Wildman–Crippen LogP) is 2.67. The Morgan fingerprint density at radius 2 is 1.44 bits per heavy atom. The van der Waals surface area contributed by atoms with E-state index in [4.69, 9.17) is 0 Å². The molecule has 0 fully saturated rings. The standard InChI is InChI=1S/C19H20F2N2O2/c1-14(24)23(11-10-15-2-6-17(20)7-3-15)13-19(25)22-12-16-4-8-18(21)9-5-16/h2-9H,10-13H2,1H3,(H,22,25). The number of carbonyl (C=O) groups is 2. The van der Waals surface area contributed by atoms with Crippen LogP contribution in [0.3, 0.4) is 0 Å². The Balaban J connectivity index is 1.83. The van der Waals surface area contributed by atoms with Crippen molar-refractivity contribution in [2.75, 3.05) is 13.1 Å². The van der Waals surface area contributed by atoms with Crippen molar-refractivity contribution in [3.63, 3.8) is 0 Å². The summed E-state index contributed by atoms with van der Waals surface area (Å²) < 4.78 is 25.7. The van der Waals surface area contributed by atoms with Gasteiger partial charge in [0.2, 0.25) is 11.8 Å². The summed E-state index contributed by atoms with van der Waals surface area (Å²) >= 11 is 0. The molecule has 2 amide bonds. The number of nitrogens with zero attached hydrogens (tertiary/aromatic N) is 1. The monoisotopic (exact) mass is 346 g/mol. The first-order valence-electron chi connectivity index (χ1n) is 7.95. The highest BCUT2D eigenvalue weighted by Crippen LogP contribution is 2.05. The number of carbonyl (C=O) groups excluding carboxylic acids is 2. The molecular weight excluding hydrogens is 326 g/mol. The van der Waals surface area contributed by atoms with Crippen molar-refractivity contribution < 1.29 is 18.4 Å². The number of hydrogen-bond acceptors (Lipinski definition) is 2. The Morgan fingerprint density at radius 3 is 1.96 bits per heavy atom. The average molecular weight is 346 g/mol. The Labute approximate surface area is 145 Å². The second kappa shape index (κ2) is 8.92. The van der Waals surface area contributed by atoms with Gasteiger partial charge in [0, 0.05) is 20.0 Å². The van der Waals surface area contributed by atoms with Crippen LogP contribution in [0.25, 0.3) is 0 Å². The molecule has 0 aliphatic rings. The van der Waals surface area contributed by atoms with Crippen LogP contribution in [0.1, 0.15) is 18.1 Å². The van der Waals surface area contributed by atoms with Crippen LogP contribution in [0.2, 0.25) is 0 Å². The van der Waals surface area contributed by atoms with Crippen molar-refractivity contribution in [2.24, 2.45) is 0 Å². The Bertz CT molecular complexity index is 715. The Morgan fingerprint density at radius 1 is 0.920 bits per heavy atom. The molecule has 4 nitrogen and oxygen atoms in total. The van der Waals surface area contributed by atoms with Crippen LogP contribution in [0.4, 0.5) is 8.78 Å². The topological polar surface area (TPSA) is 49.4 Å². The molecule has 0 radical (unpaired) electrons. The fourth-order valence-electron chi connectivity index (χ4n) is 2.30. The van der Waals surface area contributed by atoms with Gasteiger partial charge in [0.1, 0.15) is 11.6 Å². The van der Waals surface area contributed by atoms with E-state index in [1.165, 1.54) is 36.1 Å². The Hall–Kier alpha value is -2.76. The average Bonchev–Trinajstić information content (AvgIpc) is 2.59. The van der Waals surface area contributed by atoms with E-state index in [-0.39, 0.29) is 36.5 Å². The minimum atomic E-state index is -0.335. The molecule has 132 valence electrons. The number of halogens is 2. The number of benzene rings is 2. The highest BCUT2D eigenvalue weighted by Gasteiger charge is 2.13. The number of amides is 2. The first-order valence-corrected chi connectivity index (χ1v) is 7.95. The highest BCUT2D eigenvalue weighted by molar-refractivity contribution is 5.83. The molecule has 25 heavy (non-hydrogen) atoms. The number of hydrogen-bond donors (Lipinski definition) is 1. The van der Waals surface area contributed by atoms with E-state index < -0.39 is 0 Å². The quantitative estimate of drug-likeness (QED) is 0.838. The molecule has 2 aromatic rings. The molecule has 0 aliphatic heterocycles. The zero-order valence-electron chi connectivity index (χ0n) is 14.0. The number of nitrogens with one attached hydrogen (secondary N) is 1. The molecule has 0 spiro atoms. The Kier molecular flexibility index (Phi) is 6.62. The molecule has 0 saturated heterocycles. The lowest BCUT2D eigenvalue weighted by Gasteiger charge is -2.20. The fourth-order valence-corrected chi connectivity index (χ4v) is 2.30. The van der Waals surface area contributed by atoms with Gasteiger partial charge < -0.3 is 10.2 Å². The summed E-state index contributed by atoms with van der Waals surface area (Å²) in [5, 5.41) is 2.70. The number of rotatable bonds is 7. The lowest BCUT2D eigenvalue weighted by molar-refractivity contribution is -0.134. The largest absolute Gasteiger partial charge is 0.350 e. The summed E-state index contributed by atoms with van der Waals surface area (Å²) in [6.45, 7) is 1.98. The van der Waals surface area contributed by atoms with E-state index in [9.17, 15) is 18.4 Å². The van der Waals surface area contributed by atoms with Crippen LogP contribution < -0.4 is 5.32 Å². The fraction of sp³-hybridized carbons (Fsp3) is 0.263. The molecule has 0 atom stereocenters. The van der Waals surface area contributed by atoms with Crippen LogP contribution in [-0.2, 0) is 22.6 Å². The van der Waals surface area contributed by atoms with Crippen LogP contribution in [0.5, 0.6) is 0 Å². The van der Waals surface area contributed by atoms with Gasteiger partial charge in [0.25, 0.3) is 0 Å². The molecule has 0 heterocycles. The van der Waals surface area contributed by atoms with E-state index >= 15 is 0 Å². The van der Waals surface area contributed by atoms with Gasteiger partial charge >= 0.3 is 0 Å². The van der Waals surface area contributed by atoms with E-state index in [0.717, 1.165) is 11.1 Å². The molecule has 1 N–H and O–H groups in total. The molecule has 2 rings (SSSR count). The van der Waals surface area contributed by atoms with E-state index in [1.54, 1.807) is 24.3 Å². The van der Waals surface area contributed by atoms with Crippen molar-refractivity contribution in [1.29, 1.82) is 0 Å². The van der Waals surface area contributed by atoms with Gasteiger partial charge in [0.15, 0.2) is 0 Å². The van der Waals surface area contributed by atoms with Crippen molar-refractivity contribution in [3.05, 3.63) is 71.3 Å². The second-order valence-corrected chi connectivity index (χ2v) is 5.72. The van der Waals surface area contributed by atoms with Gasteiger partial charge in [-0.2, -0.15) is 0 Å². The van der Waals surface area contributed by atoms with Gasteiger partial charge in [-0.1, -0.05) is 24.3 Å². The summed E-state index contributed by atoms with van der Waals surface area (Å²) in [5.74, 6) is -1.15. The van der Waals surface area contributed by atoms with Gasteiger partial charge in [0.05, 0.1) is 6.54 Å². The third-order valence-corrected chi connectivity index (χ3v) is 3.77. The molecule has 2 aromatic carbocycles. The minimum Gasteiger partial charge on any atom is -0.350 e. The van der Waals surface area contributed by atoms with Crippen molar-refractivity contribution in [3.8, 4) is 0 Å². The van der Waals surface area contributed by atoms with Crippen molar-refractivity contribution >= 4 is 11.8 Å². The lowest BCUT2D eigenvalue weighted by atomic mass is 10.1. The summed E-state index contributed by atoms with van der Waals surface area (Å²) in [7, 11) is 0. The van der Waals surface area contributed by atoms with Crippen LogP contribution in [-0.4, -0.2) is 29.8 Å². The van der Waals surface area contributed by atoms with Crippen LogP contribution in [0.15, 0.2) is 48.5 Å². The van der Waals surface area contributed by atoms with Gasteiger partial charge in [-0.3, -0.25) is 9.59 Å². The molecule has 0 bridgehead atoms. The van der Waals surface area contributed by atoms with E-state index in [2.05, 4.69) is 5.32 Å². The van der Waals surface area contributed by atoms with Gasteiger partial charge in [-0.25, -0.2) is 8.78 Å². The third kappa shape index (κ3) is 6.33. The maximum Gasteiger partial charge on any atom is 0.239 e. The SMILES string of the molecule is CC(=O)N(CCc1ccc(F)cc1)CC(=O)NCc1ccc(F)cc1. The predicted molar refractivity (Wildman–Crippen MR) is 90.6 cm³/mol. The van der Waals surface area contributed by atoms with Crippen molar-refractivity contribution in [1.82, 2.24) is 10.2 Å². The minimum absolute atomic E-state index is 0.0578. The van der Waals surface area contributed by atoms with Gasteiger partial charge in [-0.05, 0) is 41.8 Å². The molecule has 0 aromatic heterocycles. The van der Waals surface area contributed by atoms with Gasteiger partial charge in [-0.15, -0.1) is 0 Å². The third-order valence-electron chi connectivity index (χ3n) is 3.77. The lowest BCUT2D eigenvalue weighted by Crippen LogP contribution is -2.40. The summed E-state index contributed by atoms with van der Waals surface area (Å²) in [6.07, 6.45) is 0.533. The molecule has 0 saturated carbocycles. The second-order valence-electron chi connectivity index (χ2n) is 5.72. The first kappa shape index (κ1) is 18.6. The normalized spacial score (nSPS) is 10.4. The molecule has 6 heteroatoms. The summed E-state index contributed by atoms with van der Waals surface area (Å²) in [4.78, 5) is 25.2. The zero-order chi connectivity index (χ0) is 18.2.